The van der Waals surface area contributed by atoms with Crippen LogP contribution in [0.2, 0.25) is 0 Å². The fourth-order valence-corrected chi connectivity index (χ4v) is 4.08. The topological polar surface area (TPSA) is 86.7 Å². The maximum absolute atomic E-state index is 13.2. The molecule has 36 heavy (non-hydrogen) atoms. The molecule has 0 bridgehead atoms. The van der Waals surface area contributed by atoms with Crippen molar-refractivity contribution >= 4 is 27.8 Å². The molecule has 0 amide bonds. The number of fused-ring (bicyclic) bond motifs is 2. The lowest BCUT2D eigenvalue weighted by Gasteiger charge is -2.22. The minimum Gasteiger partial charge on any atom is -0.493 e. The van der Waals surface area contributed by atoms with Crippen LogP contribution >= 0.6 is 0 Å². The van der Waals surface area contributed by atoms with E-state index in [-0.39, 0.29) is 11.0 Å². The first-order valence-corrected chi connectivity index (χ1v) is 11.6. The molecule has 0 saturated carbocycles. The van der Waals surface area contributed by atoms with Gasteiger partial charge in [-0.25, -0.2) is 4.79 Å². The van der Waals surface area contributed by atoms with Gasteiger partial charge in [-0.05, 0) is 57.0 Å². The van der Waals surface area contributed by atoms with Crippen LogP contribution in [0.25, 0.3) is 21.9 Å². The third-order valence-corrected chi connectivity index (χ3v) is 5.92. The third kappa shape index (κ3) is 4.98. The number of ether oxygens (including phenoxy) is 2. The molecule has 2 heterocycles. The lowest BCUT2D eigenvalue weighted by Crippen LogP contribution is -2.37. The average molecular weight is 505 g/mol. The van der Waals surface area contributed by atoms with E-state index in [1.807, 2.05) is 29.8 Å². The number of carboxylic acid groups (broad SMARTS) is 1. The van der Waals surface area contributed by atoms with Crippen molar-refractivity contribution in [2.45, 2.75) is 58.4 Å². The zero-order valence-corrected chi connectivity index (χ0v) is 20.2. The van der Waals surface area contributed by atoms with E-state index in [1.54, 1.807) is 18.2 Å². The summed E-state index contributed by atoms with van der Waals surface area (Å²) in [6, 6.07) is 10.2. The van der Waals surface area contributed by atoms with Gasteiger partial charge in [0.2, 0.25) is 0 Å². The Bertz CT molecular complexity index is 1390. The Hall–Kier alpha value is -3.69. The molecule has 0 aliphatic rings. The zero-order chi connectivity index (χ0) is 26.1. The maximum Gasteiger partial charge on any atom is 0.437 e. The summed E-state index contributed by atoms with van der Waals surface area (Å²) in [6.45, 7) is 5.87. The normalized spacial score (nSPS) is 12.4. The van der Waals surface area contributed by atoms with Crippen LogP contribution in [0.5, 0.6) is 11.5 Å². The average Bonchev–Trinajstić information content (AvgIpc) is 3.43. The van der Waals surface area contributed by atoms with E-state index in [0.717, 1.165) is 10.9 Å². The summed E-state index contributed by atoms with van der Waals surface area (Å²) in [6.07, 6.45) is -0.867. The molecule has 4 rings (SSSR count). The Kier molecular flexibility index (Phi) is 6.88. The number of nitrogens with zero attached hydrogens (tertiary/aromatic N) is 2. The molecule has 0 unspecified atom stereocenters. The van der Waals surface area contributed by atoms with E-state index in [0.29, 0.717) is 49.5 Å². The molecule has 7 nitrogen and oxygen atoms in total. The molecule has 10 heteroatoms. The number of aromatic nitrogens is 2. The first kappa shape index (κ1) is 25.4. The van der Waals surface area contributed by atoms with Crippen molar-refractivity contribution in [3.05, 3.63) is 53.9 Å². The standard InChI is InChI=1S/C26H27F3N2O5/c1-4-7-17-20(11-10-18-22(17)36-30-23(18)26(27,28)29)34-15-6-13-31-14-12-16-19(31)8-5-9-21(16)35-25(2,3)24(32)33/h5,8-12,14H,4,6-7,13,15H2,1-3H3,(H,32,33). The highest BCUT2D eigenvalue weighted by Gasteiger charge is 2.37. The van der Waals surface area contributed by atoms with Gasteiger partial charge in [0, 0.05) is 23.7 Å². The van der Waals surface area contributed by atoms with Crippen molar-refractivity contribution in [1.82, 2.24) is 9.72 Å². The third-order valence-electron chi connectivity index (χ3n) is 5.92. The first-order chi connectivity index (χ1) is 17.0. The summed E-state index contributed by atoms with van der Waals surface area (Å²) in [5.74, 6) is -0.0902. The van der Waals surface area contributed by atoms with Crippen molar-refractivity contribution in [3.8, 4) is 11.5 Å². The summed E-state index contributed by atoms with van der Waals surface area (Å²) in [5.41, 5.74) is -0.826. The van der Waals surface area contributed by atoms with Crippen molar-refractivity contribution in [3.63, 3.8) is 0 Å². The van der Waals surface area contributed by atoms with Gasteiger partial charge in [0.05, 0.1) is 17.5 Å². The lowest BCUT2D eigenvalue weighted by molar-refractivity contribution is -0.152. The van der Waals surface area contributed by atoms with Crippen LogP contribution < -0.4 is 9.47 Å². The Balaban J connectivity index is 1.47. The number of aliphatic carboxylic acids is 1. The molecule has 0 aliphatic heterocycles. The largest absolute Gasteiger partial charge is 0.493 e. The fraction of sp³-hybridized carbons (Fsp3) is 0.385. The van der Waals surface area contributed by atoms with E-state index in [2.05, 4.69) is 5.16 Å². The van der Waals surface area contributed by atoms with E-state index in [4.69, 9.17) is 14.0 Å². The van der Waals surface area contributed by atoms with Gasteiger partial charge >= 0.3 is 12.1 Å². The van der Waals surface area contributed by atoms with E-state index >= 15 is 0 Å². The predicted octanol–water partition coefficient (Wildman–Crippen LogP) is 6.46. The highest BCUT2D eigenvalue weighted by molar-refractivity contribution is 5.87. The van der Waals surface area contributed by atoms with Gasteiger partial charge in [-0.15, -0.1) is 0 Å². The summed E-state index contributed by atoms with van der Waals surface area (Å²) in [7, 11) is 0. The van der Waals surface area contributed by atoms with Crippen LogP contribution in [0.4, 0.5) is 13.2 Å². The predicted molar refractivity (Wildman–Crippen MR) is 127 cm³/mol. The fourth-order valence-electron chi connectivity index (χ4n) is 4.08. The van der Waals surface area contributed by atoms with Gasteiger partial charge in [0.15, 0.2) is 16.9 Å². The van der Waals surface area contributed by atoms with Crippen LogP contribution in [0.1, 0.15) is 44.9 Å². The molecule has 0 radical (unpaired) electrons. The van der Waals surface area contributed by atoms with Crippen molar-refractivity contribution in [1.29, 1.82) is 0 Å². The quantitative estimate of drug-likeness (QED) is 0.249. The minimum absolute atomic E-state index is 0.0683. The van der Waals surface area contributed by atoms with E-state index in [1.165, 1.54) is 19.9 Å². The van der Waals surface area contributed by atoms with Gasteiger partial charge in [0.1, 0.15) is 11.5 Å². The highest BCUT2D eigenvalue weighted by Crippen LogP contribution is 2.38. The van der Waals surface area contributed by atoms with Crippen LogP contribution in [-0.4, -0.2) is 33.0 Å². The molecule has 0 saturated heterocycles. The molecule has 0 fully saturated rings. The van der Waals surface area contributed by atoms with Gasteiger partial charge in [0.25, 0.3) is 0 Å². The van der Waals surface area contributed by atoms with Crippen molar-refractivity contribution < 1.29 is 37.1 Å². The Morgan fingerprint density at radius 1 is 1.11 bits per heavy atom. The Morgan fingerprint density at radius 3 is 2.58 bits per heavy atom. The van der Waals surface area contributed by atoms with Crippen LogP contribution in [0.3, 0.4) is 0 Å². The first-order valence-electron chi connectivity index (χ1n) is 11.6. The summed E-state index contributed by atoms with van der Waals surface area (Å²) < 4.78 is 58.4. The smallest absolute Gasteiger partial charge is 0.437 e. The van der Waals surface area contributed by atoms with Crippen LogP contribution in [0, 0.1) is 0 Å². The number of benzene rings is 2. The number of rotatable bonds is 10. The summed E-state index contributed by atoms with van der Waals surface area (Å²) in [5, 5.41) is 13.3. The number of aryl methyl sites for hydroxylation is 2. The van der Waals surface area contributed by atoms with E-state index < -0.39 is 23.4 Å². The van der Waals surface area contributed by atoms with Gasteiger partial charge < -0.3 is 23.7 Å². The highest BCUT2D eigenvalue weighted by atomic mass is 19.4. The SMILES string of the molecule is CCCc1c(OCCCn2ccc3c(OC(C)(C)C(=O)O)cccc32)ccc2c(C(F)(F)F)noc12. The number of carbonyl (C=O) groups is 1. The van der Waals surface area contributed by atoms with Crippen molar-refractivity contribution in [2.24, 2.45) is 0 Å². The monoisotopic (exact) mass is 504 g/mol. The molecule has 0 aliphatic carbocycles. The van der Waals surface area contributed by atoms with Gasteiger partial charge in [-0.1, -0.05) is 24.6 Å². The van der Waals surface area contributed by atoms with Crippen LogP contribution in [-0.2, 0) is 23.9 Å². The second-order valence-electron chi connectivity index (χ2n) is 9.02. The molecule has 0 atom stereocenters. The molecule has 1 N–H and O–H groups in total. The maximum atomic E-state index is 13.2. The molecule has 2 aromatic carbocycles. The van der Waals surface area contributed by atoms with Crippen molar-refractivity contribution in [2.75, 3.05) is 6.61 Å². The minimum atomic E-state index is -4.59. The number of hydrogen-bond acceptors (Lipinski definition) is 5. The molecular formula is C26H27F3N2O5. The Labute approximate surface area is 205 Å². The zero-order valence-electron chi connectivity index (χ0n) is 20.2. The number of carboxylic acids is 1. The second kappa shape index (κ2) is 9.75. The van der Waals surface area contributed by atoms with Gasteiger partial charge in [-0.3, -0.25) is 0 Å². The van der Waals surface area contributed by atoms with E-state index in [9.17, 15) is 23.1 Å². The number of hydrogen-bond donors (Lipinski definition) is 1. The summed E-state index contributed by atoms with van der Waals surface area (Å²) >= 11 is 0. The Morgan fingerprint density at radius 2 is 1.89 bits per heavy atom. The van der Waals surface area contributed by atoms with Gasteiger partial charge in [-0.2, -0.15) is 13.2 Å². The molecule has 4 aromatic rings. The summed E-state index contributed by atoms with van der Waals surface area (Å²) in [4.78, 5) is 11.4. The van der Waals surface area contributed by atoms with Crippen LogP contribution in [0.15, 0.2) is 47.1 Å². The lowest BCUT2D eigenvalue weighted by atomic mass is 10.0. The second-order valence-corrected chi connectivity index (χ2v) is 9.02. The molecule has 2 aromatic heterocycles. The molecule has 0 spiro atoms. The number of halogens is 3. The molecular weight excluding hydrogens is 477 g/mol. The molecule has 192 valence electrons. The number of alkyl halides is 3.